The second-order valence-corrected chi connectivity index (χ2v) is 4.93. The van der Waals surface area contributed by atoms with Crippen LogP contribution in [0.2, 0.25) is 0 Å². The number of hydrogen-bond donors (Lipinski definition) is 1. The van der Waals surface area contributed by atoms with Gasteiger partial charge in [-0.2, -0.15) is 0 Å². The molecule has 1 heterocycles. The molecule has 3 nitrogen and oxygen atoms in total. The van der Waals surface area contributed by atoms with E-state index < -0.39 is 11.5 Å². The number of carboxylic acids is 1. The van der Waals surface area contributed by atoms with Crippen molar-refractivity contribution in [3.8, 4) is 0 Å². The lowest BCUT2D eigenvalue weighted by Gasteiger charge is -2.38. The molecule has 0 aliphatic carbocycles. The molecule has 0 radical (unpaired) electrons. The number of carboxylic acid groups (broad SMARTS) is 1. The second-order valence-electron chi connectivity index (χ2n) is 4.93. The predicted molar refractivity (Wildman–Crippen MR) is 66.8 cm³/mol. The maximum atomic E-state index is 11.7. The van der Waals surface area contributed by atoms with Crippen LogP contribution in [0.4, 0.5) is 0 Å². The van der Waals surface area contributed by atoms with Crippen LogP contribution in [0, 0.1) is 0 Å². The largest absolute Gasteiger partial charge is 0.480 e. The number of likely N-dealkylation sites (tertiary alicyclic amines) is 1. The molecule has 1 aromatic carbocycles. The first-order chi connectivity index (χ1) is 8.06. The minimum atomic E-state index is -0.906. The maximum Gasteiger partial charge on any atom is 0.328 e. The van der Waals surface area contributed by atoms with Crippen molar-refractivity contribution >= 4 is 5.97 Å². The Morgan fingerprint density at radius 1 is 1.41 bits per heavy atom. The van der Waals surface area contributed by atoms with E-state index >= 15 is 0 Å². The fourth-order valence-electron chi connectivity index (χ4n) is 2.77. The molecule has 2 atom stereocenters. The number of aliphatic carboxylic acids is 1. The number of benzene rings is 1. The van der Waals surface area contributed by atoms with Crippen LogP contribution in [-0.2, 0) is 10.3 Å². The molecule has 1 aliphatic heterocycles. The Labute approximate surface area is 102 Å². The summed E-state index contributed by atoms with van der Waals surface area (Å²) in [5.74, 6) is -0.766. The summed E-state index contributed by atoms with van der Waals surface area (Å²) in [7, 11) is 0. The van der Waals surface area contributed by atoms with Crippen LogP contribution in [0.15, 0.2) is 30.3 Å². The number of carbonyl (C=O) groups is 1. The van der Waals surface area contributed by atoms with Crippen molar-refractivity contribution < 1.29 is 9.90 Å². The molecule has 2 rings (SSSR count). The third kappa shape index (κ3) is 1.95. The molecule has 2 unspecified atom stereocenters. The van der Waals surface area contributed by atoms with Crippen molar-refractivity contribution in [2.45, 2.75) is 38.3 Å². The topological polar surface area (TPSA) is 40.5 Å². The highest BCUT2D eigenvalue weighted by Gasteiger charge is 2.44. The van der Waals surface area contributed by atoms with Crippen molar-refractivity contribution in [2.75, 3.05) is 6.54 Å². The molecule has 1 fully saturated rings. The van der Waals surface area contributed by atoms with Crippen LogP contribution in [0.3, 0.4) is 0 Å². The summed E-state index contributed by atoms with van der Waals surface area (Å²) in [5, 5.41) is 9.62. The molecule has 1 aromatic rings. The lowest BCUT2D eigenvalue weighted by atomic mass is 9.89. The molecule has 1 aliphatic rings. The molecular weight excluding hydrogens is 214 g/mol. The van der Waals surface area contributed by atoms with Gasteiger partial charge in [-0.25, -0.2) is 4.79 Å². The number of rotatable bonds is 3. The van der Waals surface area contributed by atoms with Crippen LogP contribution >= 0.6 is 0 Å². The van der Waals surface area contributed by atoms with Crippen molar-refractivity contribution in [1.29, 1.82) is 0 Å². The quantitative estimate of drug-likeness (QED) is 0.872. The van der Waals surface area contributed by atoms with Gasteiger partial charge in [0.2, 0.25) is 0 Å². The summed E-state index contributed by atoms with van der Waals surface area (Å²) in [4.78, 5) is 13.8. The lowest BCUT2D eigenvalue weighted by Crippen LogP contribution is -2.51. The van der Waals surface area contributed by atoms with Crippen molar-refractivity contribution in [1.82, 2.24) is 4.90 Å². The zero-order valence-corrected chi connectivity index (χ0v) is 10.4. The lowest BCUT2D eigenvalue weighted by molar-refractivity contribution is -0.152. The van der Waals surface area contributed by atoms with Crippen LogP contribution in [-0.4, -0.2) is 28.6 Å². The van der Waals surface area contributed by atoms with Gasteiger partial charge in [-0.15, -0.1) is 0 Å². The monoisotopic (exact) mass is 233 g/mol. The van der Waals surface area contributed by atoms with Gasteiger partial charge in [0, 0.05) is 6.04 Å². The molecule has 0 bridgehead atoms. The SMILES string of the molecule is CC1CCCN1C(C)(C(=O)O)c1ccccc1. The molecule has 1 saturated heterocycles. The van der Waals surface area contributed by atoms with Crippen molar-refractivity contribution in [2.24, 2.45) is 0 Å². The molecule has 0 aromatic heterocycles. The fraction of sp³-hybridized carbons (Fsp3) is 0.500. The highest BCUT2D eigenvalue weighted by molar-refractivity contribution is 5.80. The van der Waals surface area contributed by atoms with Gasteiger partial charge in [0.05, 0.1) is 0 Å². The van der Waals surface area contributed by atoms with Gasteiger partial charge in [0.25, 0.3) is 0 Å². The van der Waals surface area contributed by atoms with Crippen molar-refractivity contribution in [3.05, 3.63) is 35.9 Å². The van der Waals surface area contributed by atoms with Gasteiger partial charge in [0.1, 0.15) is 5.54 Å². The van der Waals surface area contributed by atoms with E-state index in [9.17, 15) is 9.90 Å². The van der Waals surface area contributed by atoms with Gasteiger partial charge >= 0.3 is 5.97 Å². The normalized spacial score (nSPS) is 24.5. The highest BCUT2D eigenvalue weighted by atomic mass is 16.4. The molecule has 92 valence electrons. The molecular formula is C14H19NO2. The first-order valence-electron chi connectivity index (χ1n) is 6.12. The Hall–Kier alpha value is -1.35. The molecule has 0 saturated carbocycles. The fourth-order valence-corrected chi connectivity index (χ4v) is 2.77. The zero-order valence-electron chi connectivity index (χ0n) is 10.4. The minimum absolute atomic E-state index is 0.330. The van der Waals surface area contributed by atoms with Crippen molar-refractivity contribution in [3.63, 3.8) is 0 Å². The third-order valence-corrected chi connectivity index (χ3v) is 3.88. The van der Waals surface area contributed by atoms with E-state index in [1.165, 1.54) is 0 Å². The summed E-state index contributed by atoms with van der Waals surface area (Å²) in [6.45, 7) is 4.78. The molecule has 17 heavy (non-hydrogen) atoms. The maximum absolute atomic E-state index is 11.7. The first kappa shape index (κ1) is 12.1. The average Bonchev–Trinajstić information content (AvgIpc) is 2.76. The van der Waals surface area contributed by atoms with E-state index in [4.69, 9.17) is 0 Å². The van der Waals surface area contributed by atoms with Gasteiger partial charge in [-0.05, 0) is 38.8 Å². The average molecular weight is 233 g/mol. The Morgan fingerprint density at radius 3 is 2.53 bits per heavy atom. The van der Waals surface area contributed by atoms with E-state index in [1.807, 2.05) is 37.3 Å². The standard InChI is InChI=1S/C14H19NO2/c1-11-7-6-10-15(11)14(2,13(16)17)12-8-4-3-5-9-12/h3-5,8-9,11H,6-7,10H2,1-2H3,(H,16,17). The Balaban J connectivity index is 2.43. The van der Waals surface area contributed by atoms with Crippen LogP contribution in [0.25, 0.3) is 0 Å². The molecule has 3 heteroatoms. The summed E-state index contributed by atoms with van der Waals surface area (Å²) < 4.78 is 0. The predicted octanol–water partition coefficient (Wildman–Crippen LogP) is 2.47. The Kier molecular flexibility index (Phi) is 3.20. The van der Waals surface area contributed by atoms with Gasteiger partial charge < -0.3 is 5.11 Å². The van der Waals surface area contributed by atoms with Gasteiger partial charge in [-0.1, -0.05) is 30.3 Å². The van der Waals surface area contributed by atoms with E-state index in [2.05, 4.69) is 11.8 Å². The third-order valence-electron chi connectivity index (χ3n) is 3.88. The smallest absolute Gasteiger partial charge is 0.328 e. The minimum Gasteiger partial charge on any atom is -0.480 e. The van der Waals surface area contributed by atoms with Crippen LogP contribution < -0.4 is 0 Å². The Morgan fingerprint density at radius 2 is 2.06 bits per heavy atom. The van der Waals surface area contributed by atoms with E-state index in [-0.39, 0.29) is 0 Å². The zero-order chi connectivity index (χ0) is 12.5. The molecule has 0 amide bonds. The van der Waals surface area contributed by atoms with Crippen LogP contribution in [0.5, 0.6) is 0 Å². The summed E-state index contributed by atoms with van der Waals surface area (Å²) in [6.07, 6.45) is 2.16. The summed E-state index contributed by atoms with van der Waals surface area (Å²) in [6, 6.07) is 9.85. The number of nitrogens with zero attached hydrogens (tertiary/aromatic N) is 1. The van der Waals surface area contributed by atoms with E-state index in [0.29, 0.717) is 6.04 Å². The highest BCUT2D eigenvalue weighted by Crippen LogP contribution is 2.34. The summed E-state index contributed by atoms with van der Waals surface area (Å²) >= 11 is 0. The number of hydrogen-bond acceptors (Lipinski definition) is 2. The van der Waals surface area contributed by atoms with E-state index in [0.717, 1.165) is 24.9 Å². The van der Waals surface area contributed by atoms with Crippen LogP contribution in [0.1, 0.15) is 32.3 Å². The molecule has 1 N–H and O–H groups in total. The second kappa shape index (κ2) is 4.49. The van der Waals surface area contributed by atoms with Gasteiger partial charge in [-0.3, -0.25) is 4.90 Å². The van der Waals surface area contributed by atoms with E-state index in [1.54, 1.807) is 0 Å². The first-order valence-corrected chi connectivity index (χ1v) is 6.12. The summed E-state index contributed by atoms with van der Waals surface area (Å²) in [5.41, 5.74) is -0.0433. The Bertz CT molecular complexity index is 404. The molecule has 0 spiro atoms. The van der Waals surface area contributed by atoms with Gasteiger partial charge in [0.15, 0.2) is 0 Å².